The van der Waals surface area contributed by atoms with Crippen LogP contribution in [0, 0.1) is 0 Å². The normalized spacial score (nSPS) is 19.4. The van der Waals surface area contributed by atoms with Crippen LogP contribution in [0.5, 0.6) is 0 Å². The summed E-state index contributed by atoms with van der Waals surface area (Å²) < 4.78 is 15.3. The van der Waals surface area contributed by atoms with Crippen molar-refractivity contribution in [1.82, 2.24) is 31.3 Å². The Bertz CT molecular complexity index is 744. The van der Waals surface area contributed by atoms with Crippen molar-refractivity contribution in [3.63, 3.8) is 0 Å². The molecule has 0 saturated carbocycles. The molecule has 0 radical (unpaired) electrons. The maximum Gasteiger partial charge on any atom is 0.202 e. The third-order valence-electron chi connectivity index (χ3n) is 4.87. The molecule has 0 aromatic carbocycles. The number of ether oxygens (including phenoxy) is 3. The zero-order valence-corrected chi connectivity index (χ0v) is 24.3. The van der Waals surface area contributed by atoms with E-state index in [2.05, 4.69) is 16.3 Å². The summed E-state index contributed by atoms with van der Waals surface area (Å²) in [5.74, 6) is -0.895. The van der Waals surface area contributed by atoms with Crippen LogP contribution in [0.3, 0.4) is 0 Å². The van der Waals surface area contributed by atoms with Gasteiger partial charge in [-0.25, -0.2) is 15.0 Å². The van der Waals surface area contributed by atoms with Gasteiger partial charge < -0.3 is 29.5 Å². The van der Waals surface area contributed by atoms with E-state index in [0.29, 0.717) is 78.9 Å². The fourth-order valence-electron chi connectivity index (χ4n) is 3.19. The minimum atomic E-state index is -0.182. The van der Waals surface area contributed by atoms with Gasteiger partial charge in [-0.3, -0.25) is 30.7 Å². The molecule has 3 heterocycles. The second-order valence-corrected chi connectivity index (χ2v) is 8.55. The number of ketones is 3. The monoisotopic (exact) mass is 614 g/mol. The van der Waals surface area contributed by atoms with E-state index in [-0.39, 0.29) is 52.1 Å². The topological polar surface area (TPSA) is 185 Å². The van der Waals surface area contributed by atoms with Crippen molar-refractivity contribution in [3.8, 4) is 0 Å². The predicted molar refractivity (Wildman–Crippen MR) is 141 cm³/mol. The molecule has 3 fully saturated rings. The fourth-order valence-corrected chi connectivity index (χ4v) is 3.19. The predicted octanol–water partition coefficient (Wildman–Crippen LogP) is -0.568. The molecule has 0 bridgehead atoms. The second-order valence-electron chi connectivity index (χ2n) is 8.55. The van der Waals surface area contributed by atoms with E-state index >= 15 is 0 Å². The van der Waals surface area contributed by atoms with Crippen LogP contribution in [0.2, 0.25) is 0 Å². The molecule has 6 N–H and O–H groups in total. The van der Waals surface area contributed by atoms with Crippen LogP contribution in [0.15, 0.2) is 35.9 Å². The Kier molecular flexibility index (Phi) is 20.6. The number of allylic oxidation sites excluding steroid dienone is 3. The number of carbonyl (C=O) groups excluding carboxylic acids is 3. The second kappa shape index (κ2) is 22.1. The first-order valence-electron chi connectivity index (χ1n) is 12.6. The van der Waals surface area contributed by atoms with Gasteiger partial charge in [0.05, 0.1) is 39.6 Å². The number of hydrogen-bond donors (Lipinski definition) is 6. The Morgan fingerprint density at radius 2 is 0.725 bits per heavy atom. The maximum atomic E-state index is 10.6. The van der Waals surface area contributed by atoms with Gasteiger partial charge in [0.15, 0.2) is 17.3 Å². The number of nitrogens with zero attached hydrogens (tertiary/aromatic N) is 3. The molecule has 0 aromatic heterocycles. The van der Waals surface area contributed by atoms with Crippen molar-refractivity contribution < 1.29 is 61.0 Å². The number of rotatable bonds is 9. The van der Waals surface area contributed by atoms with E-state index in [9.17, 15) is 29.7 Å². The summed E-state index contributed by atoms with van der Waals surface area (Å²) in [6, 6.07) is 0. The Morgan fingerprint density at radius 3 is 0.900 bits per heavy atom. The van der Waals surface area contributed by atoms with Gasteiger partial charge in [0.25, 0.3) is 0 Å². The molecule has 230 valence electrons. The van der Waals surface area contributed by atoms with E-state index in [1.807, 2.05) is 0 Å². The molecule has 40 heavy (non-hydrogen) atoms. The van der Waals surface area contributed by atoms with Crippen LogP contribution >= 0.6 is 0 Å². The van der Waals surface area contributed by atoms with Crippen molar-refractivity contribution in [1.29, 1.82) is 0 Å². The van der Waals surface area contributed by atoms with Crippen LogP contribution in [0.4, 0.5) is 0 Å². The Morgan fingerprint density at radius 1 is 0.525 bits per heavy atom. The summed E-state index contributed by atoms with van der Waals surface area (Å²) >= 11 is 0. The molecule has 3 aliphatic heterocycles. The van der Waals surface area contributed by atoms with Crippen LogP contribution in [0.1, 0.15) is 20.8 Å². The minimum Gasteiger partial charge on any atom is -0.494 e. The number of morpholine rings is 3. The van der Waals surface area contributed by atoms with E-state index in [1.165, 1.54) is 20.8 Å². The molecular weight excluding hydrogens is 572 g/mol. The molecule has 3 aliphatic rings. The summed E-state index contributed by atoms with van der Waals surface area (Å²) in [7, 11) is 0. The number of aliphatic hydroxyl groups is 3. The van der Waals surface area contributed by atoms with Crippen LogP contribution < -0.4 is 16.3 Å². The average Bonchev–Trinajstić information content (AvgIpc) is 2.85. The van der Waals surface area contributed by atoms with Crippen molar-refractivity contribution in [2.24, 2.45) is 0 Å². The molecule has 0 spiro atoms. The van der Waals surface area contributed by atoms with E-state index in [1.54, 1.807) is 15.0 Å². The number of carbonyl (C=O) groups is 3. The van der Waals surface area contributed by atoms with E-state index < -0.39 is 0 Å². The molecule has 0 aromatic rings. The van der Waals surface area contributed by atoms with Crippen molar-refractivity contribution in [3.05, 3.63) is 35.9 Å². The summed E-state index contributed by atoms with van der Waals surface area (Å²) in [6.07, 6.45) is 3.44. The van der Waals surface area contributed by atoms with Crippen LogP contribution in [-0.2, 0) is 45.7 Å². The fraction of sp³-hybridized carbons (Fsp3) is 0.625. The van der Waals surface area contributed by atoms with Crippen LogP contribution in [0.25, 0.3) is 0 Å². The summed E-state index contributed by atoms with van der Waals surface area (Å²) in [6.45, 7) is 12.2. The quantitative estimate of drug-likeness (QED) is 0.110. The van der Waals surface area contributed by atoms with Crippen molar-refractivity contribution in [2.45, 2.75) is 20.8 Å². The van der Waals surface area contributed by atoms with Gasteiger partial charge in [-0.05, 0) is 20.8 Å². The molecule has 0 atom stereocenters. The van der Waals surface area contributed by atoms with Gasteiger partial charge in [0.1, 0.15) is 0 Å². The first kappa shape index (κ1) is 37.3. The molecule has 15 nitrogen and oxygen atoms in total. The zero-order valence-electron chi connectivity index (χ0n) is 23.2. The third kappa shape index (κ3) is 20.2. The van der Waals surface area contributed by atoms with Gasteiger partial charge in [-0.2, -0.15) is 0 Å². The number of hydrazine groups is 3. The molecule has 16 heteroatoms. The van der Waals surface area contributed by atoms with Gasteiger partial charge in [0.2, 0.25) is 17.6 Å². The summed E-state index contributed by atoms with van der Waals surface area (Å²) in [5, 5.41) is 33.1. The molecule has 0 unspecified atom stereocenters. The minimum absolute atomic E-state index is 0. The van der Waals surface area contributed by atoms with Gasteiger partial charge in [0, 0.05) is 74.6 Å². The van der Waals surface area contributed by atoms with Crippen LogP contribution in [-0.4, -0.2) is 127 Å². The maximum absolute atomic E-state index is 10.6. The SMILES string of the molecule is CC(=O)C=C(O)NN1CCOCC1.CC(=O)C=C(O)NN1CCOCC1.CC(=O)C=C(O)NN1CCOCC1.[Fe]. The van der Waals surface area contributed by atoms with Crippen molar-refractivity contribution in [2.75, 3.05) is 78.9 Å². The first-order chi connectivity index (χ1) is 18.5. The van der Waals surface area contributed by atoms with E-state index in [0.717, 1.165) is 18.2 Å². The first-order valence-corrected chi connectivity index (χ1v) is 12.6. The Hall–Kier alpha value is -2.69. The molecule has 0 aliphatic carbocycles. The Balaban J connectivity index is 0.000000563. The molecule has 3 rings (SSSR count). The molecular formula is C24H42FeN6O9. The zero-order chi connectivity index (χ0) is 29.0. The van der Waals surface area contributed by atoms with Crippen molar-refractivity contribution >= 4 is 17.3 Å². The summed E-state index contributed by atoms with van der Waals surface area (Å²) in [5.41, 5.74) is 8.10. The smallest absolute Gasteiger partial charge is 0.202 e. The third-order valence-corrected chi connectivity index (χ3v) is 4.87. The Labute approximate surface area is 245 Å². The number of hydrogen-bond acceptors (Lipinski definition) is 15. The average molecular weight is 614 g/mol. The standard InChI is InChI=1S/3C8H14N2O3.Fe/c3*1-7(11)6-8(12)9-10-2-4-13-5-3-10;/h3*6,9,12H,2-5H2,1H3;. The largest absolute Gasteiger partial charge is 0.494 e. The number of aliphatic hydroxyl groups excluding tert-OH is 3. The molecule has 0 amide bonds. The van der Waals surface area contributed by atoms with Gasteiger partial charge in [-0.1, -0.05) is 0 Å². The van der Waals surface area contributed by atoms with Gasteiger partial charge in [-0.15, -0.1) is 0 Å². The molecule has 3 saturated heterocycles. The van der Waals surface area contributed by atoms with E-state index in [4.69, 9.17) is 14.2 Å². The summed E-state index contributed by atoms with van der Waals surface area (Å²) in [4.78, 5) is 31.7. The number of nitrogens with one attached hydrogen (secondary N) is 3. The van der Waals surface area contributed by atoms with Gasteiger partial charge >= 0.3 is 0 Å².